The number of allylic oxidation sites excluding steroid dienone is 1. The van der Waals surface area contributed by atoms with E-state index in [9.17, 15) is 0 Å². The van der Waals surface area contributed by atoms with Gasteiger partial charge in [0.05, 0.1) is 19.0 Å². The van der Waals surface area contributed by atoms with Gasteiger partial charge in [-0.05, 0) is 56.4 Å². The zero-order valence-electron chi connectivity index (χ0n) is 21.3. The summed E-state index contributed by atoms with van der Waals surface area (Å²) in [7, 11) is 0. The van der Waals surface area contributed by atoms with E-state index < -0.39 is 0 Å². The van der Waals surface area contributed by atoms with Crippen molar-refractivity contribution < 1.29 is 14.2 Å². The van der Waals surface area contributed by atoms with Crippen LogP contribution in [0.25, 0.3) is 11.4 Å². The Hall–Kier alpha value is -2.40. The summed E-state index contributed by atoms with van der Waals surface area (Å²) in [6, 6.07) is 7.91. The fourth-order valence-electron chi connectivity index (χ4n) is 3.46. The second-order valence-electron chi connectivity index (χ2n) is 8.63. The van der Waals surface area contributed by atoms with Crippen LogP contribution in [0.3, 0.4) is 0 Å². The highest BCUT2D eigenvalue weighted by molar-refractivity contribution is 5.56. The fourth-order valence-corrected chi connectivity index (χ4v) is 3.46. The molecule has 0 aliphatic rings. The summed E-state index contributed by atoms with van der Waals surface area (Å²) in [5, 5.41) is 0. The van der Waals surface area contributed by atoms with E-state index in [2.05, 4.69) is 36.0 Å². The van der Waals surface area contributed by atoms with Gasteiger partial charge in [0.15, 0.2) is 11.6 Å². The van der Waals surface area contributed by atoms with Gasteiger partial charge in [0.1, 0.15) is 12.4 Å². The third-order valence-corrected chi connectivity index (χ3v) is 5.57. The number of nitrogens with zero attached hydrogens (tertiary/aromatic N) is 2. The van der Waals surface area contributed by atoms with E-state index in [0.29, 0.717) is 24.8 Å². The minimum absolute atomic E-state index is 0.600. The molecule has 1 heterocycles. The number of hydrogen-bond donors (Lipinski definition) is 0. The number of benzene rings is 1. The van der Waals surface area contributed by atoms with Crippen LogP contribution < -0.4 is 9.47 Å². The Morgan fingerprint density at radius 1 is 0.647 bits per heavy atom. The van der Waals surface area contributed by atoms with Crippen LogP contribution in [-0.4, -0.2) is 36.4 Å². The number of unbranched alkanes of at least 4 members (excludes halogenated alkanes) is 8. The molecule has 1 aromatic carbocycles. The van der Waals surface area contributed by atoms with Crippen LogP contribution in [0.2, 0.25) is 0 Å². The van der Waals surface area contributed by atoms with Crippen molar-refractivity contribution in [2.75, 3.05) is 26.4 Å². The molecule has 1 aromatic heterocycles. The third kappa shape index (κ3) is 12.7. The van der Waals surface area contributed by atoms with Crippen LogP contribution in [0.5, 0.6) is 11.5 Å². The van der Waals surface area contributed by atoms with E-state index >= 15 is 0 Å². The lowest BCUT2D eigenvalue weighted by molar-refractivity contribution is 0.123. The van der Waals surface area contributed by atoms with E-state index in [0.717, 1.165) is 50.2 Å². The predicted octanol–water partition coefficient (Wildman–Crippen LogP) is 7.80. The maximum atomic E-state index is 5.81. The first kappa shape index (κ1) is 27.8. The Bertz CT molecular complexity index is 760. The highest BCUT2D eigenvalue weighted by Crippen LogP contribution is 2.20. The standard InChI is InChI=1S/C29H44N2O3/c1-3-5-7-8-9-10-11-12-13-22-33-27-18-16-26(17-19-27)29-30-24-28(25-31-29)34-23-15-14-21-32-20-6-4-2/h12-13,16-19,24-25H,3-11,14-15,20-23H2,1-2H3. The molecule has 0 N–H and O–H groups in total. The largest absolute Gasteiger partial charge is 0.490 e. The van der Waals surface area contributed by atoms with Crippen molar-refractivity contribution in [2.24, 2.45) is 0 Å². The molecule has 0 fully saturated rings. The van der Waals surface area contributed by atoms with Crippen LogP contribution in [0.1, 0.15) is 84.5 Å². The molecule has 2 aromatic rings. The quantitative estimate of drug-likeness (QED) is 0.146. The Morgan fingerprint density at radius 3 is 2.09 bits per heavy atom. The molecule has 0 atom stereocenters. The molecule has 34 heavy (non-hydrogen) atoms. The summed E-state index contributed by atoms with van der Waals surface area (Å²) in [6.07, 6.45) is 21.2. The number of rotatable bonds is 20. The maximum absolute atomic E-state index is 5.81. The second-order valence-corrected chi connectivity index (χ2v) is 8.63. The van der Waals surface area contributed by atoms with Crippen LogP contribution in [0, 0.1) is 0 Å². The Balaban J connectivity index is 1.60. The second kappa shape index (κ2) is 19.0. The molecular formula is C29H44N2O3. The summed E-state index contributed by atoms with van der Waals surface area (Å²) in [4.78, 5) is 8.88. The molecule has 0 aliphatic heterocycles. The maximum Gasteiger partial charge on any atom is 0.159 e. The molecule has 188 valence electrons. The van der Waals surface area contributed by atoms with Crippen molar-refractivity contribution in [3.8, 4) is 22.9 Å². The Labute approximate surface area is 207 Å². The van der Waals surface area contributed by atoms with E-state index in [4.69, 9.17) is 14.2 Å². The minimum atomic E-state index is 0.600. The van der Waals surface area contributed by atoms with Crippen molar-refractivity contribution >= 4 is 0 Å². The van der Waals surface area contributed by atoms with Crippen LogP contribution >= 0.6 is 0 Å². The van der Waals surface area contributed by atoms with Gasteiger partial charge in [-0.3, -0.25) is 0 Å². The van der Waals surface area contributed by atoms with Crippen molar-refractivity contribution in [1.29, 1.82) is 0 Å². The SMILES string of the molecule is CCCCCCCCC=CCOc1ccc(-c2ncc(OCCCCOCCCC)cn2)cc1. The van der Waals surface area contributed by atoms with Gasteiger partial charge in [0, 0.05) is 18.8 Å². The monoisotopic (exact) mass is 468 g/mol. The molecule has 0 saturated heterocycles. The fraction of sp³-hybridized carbons (Fsp3) is 0.586. The zero-order valence-corrected chi connectivity index (χ0v) is 21.3. The van der Waals surface area contributed by atoms with E-state index in [1.807, 2.05) is 24.3 Å². The average Bonchev–Trinajstić information content (AvgIpc) is 2.87. The molecule has 0 saturated carbocycles. The molecular weight excluding hydrogens is 424 g/mol. The van der Waals surface area contributed by atoms with Crippen LogP contribution in [-0.2, 0) is 4.74 Å². The van der Waals surface area contributed by atoms with Gasteiger partial charge in [0.25, 0.3) is 0 Å². The minimum Gasteiger partial charge on any atom is -0.490 e. The summed E-state index contributed by atoms with van der Waals surface area (Å²) in [5.41, 5.74) is 0.960. The van der Waals surface area contributed by atoms with E-state index in [-0.39, 0.29) is 0 Å². The van der Waals surface area contributed by atoms with Crippen molar-refractivity contribution in [2.45, 2.75) is 84.5 Å². The summed E-state index contributed by atoms with van der Waals surface area (Å²) in [6.45, 7) is 7.34. The molecule has 5 heteroatoms. The first-order chi connectivity index (χ1) is 16.8. The molecule has 5 nitrogen and oxygen atoms in total. The summed E-state index contributed by atoms with van der Waals surface area (Å²) in [5.74, 6) is 2.23. The van der Waals surface area contributed by atoms with E-state index in [1.165, 1.54) is 44.9 Å². The first-order valence-electron chi connectivity index (χ1n) is 13.2. The van der Waals surface area contributed by atoms with Crippen molar-refractivity contribution in [1.82, 2.24) is 9.97 Å². The predicted molar refractivity (Wildman–Crippen MR) is 141 cm³/mol. The molecule has 0 aliphatic carbocycles. The van der Waals surface area contributed by atoms with Gasteiger partial charge >= 0.3 is 0 Å². The molecule has 0 amide bonds. The van der Waals surface area contributed by atoms with Gasteiger partial charge in [0.2, 0.25) is 0 Å². The van der Waals surface area contributed by atoms with Gasteiger partial charge in [-0.15, -0.1) is 0 Å². The Kier molecular flexibility index (Phi) is 15.5. The van der Waals surface area contributed by atoms with Crippen molar-refractivity contribution in [3.63, 3.8) is 0 Å². The molecule has 0 radical (unpaired) electrons. The molecule has 0 unspecified atom stereocenters. The molecule has 0 bridgehead atoms. The number of ether oxygens (including phenoxy) is 3. The highest BCUT2D eigenvalue weighted by atomic mass is 16.5. The van der Waals surface area contributed by atoms with E-state index in [1.54, 1.807) is 12.4 Å². The van der Waals surface area contributed by atoms with Crippen LogP contribution in [0.4, 0.5) is 0 Å². The topological polar surface area (TPSA) is 53.5 Å². The molecule has 0 spiro atoms. The van der Waals surface area contributed by atoms with Gasteiger partial charge in [-0.25, -0.2) is 9.97 Å². The summed E-state index contributed by atoms with van der Waals surface area (Å²) >= 11 is 0. The number of aromatic nitrogens is 2. The zero-order chi connectivity index (χ0) is 24.1. The van der Waals surface area contributed by atoms with Gasteiger partial charge in [-0.2, -0.15) is 0 Å². The van der Waals surface area contributed by atoms with Gasteiger partial charge in [-0.1, -0.05) is 64.5 Å². The lowest BCUT2D eigenvalue weighted by atomic mass is 10.1. The van der Waals surface area contributed by atoms with Gasteiger partial charge < -0.3 is 14.2 Å². The smallest absolute Gasteiger partial charge is 0.159 e. The Morgan fingerprint density at radius 2 is 1.32 bits per heavy atom. The third-order valence-electron chi connectivity index (χ3n) is 5.57. The van der Waals surface area contributed by atoms with Crippen LogP contribution in [0.15, 0.2) is 48.8 Å². The average molecular weight is 469 g/mol. The lowest BCUT2D eigenvalue weighted by Crippen LogP contribution is -2.02. The van der Waals surface area contributed by atoms with Crippen molar-refractivity contribution in [3.05, 3.63) is 48.8 Å². The number of hydrogen-bond acceptors (Lipinski definition) is 5. The summed E-state index contributed by atoms with van der Waals surface area (Å²) < 4.78 is 17.1. The molecule has 2 rings (SSSR count). The first-order valence-corrected chi connectivity index (χ1v) is 13.2. The highest BCUT2D eigenvalue weighted by Gasteiger charge is 2.03. The lowest BCUT2D eigenvalue weighted by Gasteiger charge is -2.07. The normalized spacial score (nSPS) is 11.2.